The highest BCUT2D eigenvalue weighted by atomic mass is 32.2. The lowest BCUT2D eigenvalue weighted by Crippen LogP contribution is -2.28. The lowest BCUT2D eigenvalue weighted by molar-refractivity contribution is -0.118. The van der Waals surface area contributed by atoms with Crippen molar-refractivity contribution < 1.29 is 9.00 Å². The molecule has 0 bridgehead atoms. The minimum atomic E-state index is -1.51. The highest BCUT2D eigenvalue weighted by molar-refractivity contribution is 7.86. The number of carbonyl (C=O) groups is 1. The van der Waals surface area contributed by atoms with Gasteiger partial charge in [0.15, 0.2) is 0 Å². The van der Waals surface area contributed by atoms with Crippen molar-refractivity contribution in [3.8, 4) is 6.07 Å². The van der Waals surface area contributed by atoms with E-state index in [1.807, 2.05) is 0 Å². The molecule has 3 N–H and O–H groups in total. The number of nitrogens with one attached hydrogen (secondary N) is 1. The van der Waals surface area contributed by atoms with Gasteiger partial charge in [0.05, 0.1) is 33.6 Å². The molecule has 0 fully saturated rings. The fourth-order valence-corrected chi connectivity index (χ4v) is 2.01. The molecular weight excluding hydrogens is 228 g/mol. The minimum Gasteiger partial charge on any atom is -0.396 e. The second kappa shape index (κ2) is 5.82. The highest BCUT2D eigenvalue weighted by Crippen LogP contribution is 2.13. The van der Waals surface area contributed by atoms with Crippen LogP contribution in [0.4, 0.5) is 5.69 Å². The smallest absolute Gasteiger partial charge is 0.233 e. The largest absolute Gasteiger partial charge is 0.396 e. The fraction of sp³-hybridized carbons (Fsp3) is 0.222. The van der Waals surface area contributed by atoms with Gasteiger partial charge in [-0.2, -0.15) is 5.26 Å². The number of hydrogen-bond acceptors (Lipinski definition) is 5. The first-order chi connectivity index (χ1) is 7.65. The van der Waals surface area contributed by atoms with Crippen LogP contribution >= 0.6 is 0 Å². The van der Waals surface area contributed by atoms with Crippen LogP contribution in [0.15, 0.2) is 23.4 Å². The van der Waals surface area contributed by atoms with Crippen LogP contribution < -0.4 is 11.1 Å². The second-order valence-electron chi connectivity index (χ2n) is 2.84. The van der Waals surface area contributed by atoms with E-state index in [-0.39, 0.29) is 18.0 Å². The van der Waals surface area contributed by atoms with Gasteiger partial charge in [-0.15, -0.1) is 0 Å². The Morgan fingerprint density at radius 3 is 3.06 bits per heavy atom. The van der Waals surface area contributed by atoms with E-state index in [4.69, 9.17) is 11.0 Å². The lowest BCUT2D eigenvalue weighted by atomic mass is 10.4. The Morgan fingerprint density at radius 2 is 2.44 bits per heavy atom. The number of nitrogens with zero attached hydrogens (tertiary/aromatic N) is 2. The zero-order chi connectivity index (χ0) is 12.0. The molecule has 0 aliphatic carbocycles. The summed E-state index contributed by atoms with van der Waals surface area (Å²) >= 11 is 0. The van der Waals surface area contributed by atoms with Crippen molar-refractivity contribution in [3.63, 3.8) is 0 Å². The normalized spacial score (nSPS) is 11.4. The van der Waals surface area contributed by atoms with Crippen LogP contribution in [-0.2, 0) is 15.6 Å². The van der Waals surface area contributed by atoms with Crippen molar-refractivity contribution >= 4 is 22.4 Å². The van der Waals surface area contributed by atoms with Crippen LogP contribution in [0.1, 0.15) is 0 Å². The summed E-state index contributed by atoms with van der Waals surface area (Å²) in [5.41, 5.74) is 5.84. The number of nitriles is 1. The Bertz CT molecular complexity index is 455. The number of aromatic nitrogens is 1. The third-order valence-electron chi connectivity index (χ3n) is 1.68. The zero-order valence-electron chi connectivity index (χ0n) is 8.34. The van der Waals surface area contributed by atoms with Gasteiger partial charge in [-0.25, -0.2) is 0 Å². The van der Waals surface area contributed by atoms with E-state index < -0.39 is 16.7 Å². The average molecular weight is 238 g/mol. The van der Waals surface area contributed by atoms with Gasteiger partial charge in [0.1, 0.15) is 12.3 Å². The summed E-state index contributed by atoms with van der Waals surface area (Å²) in [5, 5.41) is 10.5. The summed E-state index contributed by atoms with van der Waals surface area (Å²) in [7, 11) is -1.51. The predicted molar refractivity (Wildman–Crippen MR) is 58.5 cm³/mol. The first-order valence-electron chi connectivity index (χ1n) is 4.36. The summed E-state index contributed by atoms with van der Waals surface area (Å²) in [5.74, 6) is -0.660. The van der Waals surface area contributed by atoms with Gasteiger partial charge in [-0.3, -0.25) is 14.0 Å². The number of pyridine rings is 1. The number of nitrogens with two attached hydrogens (primary N) is 1. The molecule has 7 heteroatoms. The first-order valence-corrected chi connectivity index (χ1v) is 5.68. The highest BCUT2D eigenvalue weighted by Gasteiger charge is 2.12. The molecule has 0 aliphatic rings. The number of hydrogen-bond donors (Lipinski definition) is 2. The zero-order valence-corrected chi connectivity index (χ0v) is 9.16. The van der Waals surface area contributed by atoms with Gasteiger partial charge in [0, 0.05) is 6.20 Å². The summed E-state index contributed by atoms with van der Waals surface area (Å²) < 4.78 is 11.7. The molecule has 1 atom stereocenters. The number of anilines is 1. The van der Waals surface area contributed by atoms with E-state index in [9.17, 15) is 9.00 Å². The van der Waals surface area contributed by atoms with Crippen molar-refractivity contribution in [3.05, 3.63) is 18.5 Å². The molecule has 1 aromatic rings. The molecule has 16 heavy (non-hydrogen) atoms. The summed E-state index contributed by atoms with van der Waals surface area (Å²) in [6, 6.07) is 3.26. The molecule has 1 amide bonds. The maximum atomic E-state index is 11.7. The van der Waals surface area contributed by atoms with Crippen LogP contribution in [0.3, 0.4) is 0 Å². The van der Waals surface area contributed by atoms with Crippen LogP contribution in [0.2, 0.25) is 0 Å². The van der Waals surface area contributed by atoms with Crippen LogP contribution in [-0.4, -0.2) is 27.4 Å². The number of carbonyl (C=O) groups excluding carboxylic acids is 1. The monoisotopic (exact) mass is 238 g/mol. The summed E-state index contributed by atoms with van der Waals surface area (Å²) in [4.78, 5) is 15.3. The van der Waals surface area contributed by atoms with Gasteiger partial charge in [-0.05, 0) is 6.07 Å². The van der Waals surface area contributed by atoms with E-state index >= 15 is 0 Å². The molecule has 0 radical (unpaired) electrons. The summed E-state index contributed by atoms with van der Waals surface area (Å²) in [6.45, 7) is -0.0954. The van der Waals surface area contributed by atoms with Crippen molar-refractivity contribution in [1.29, 1.82) is 5.26 Å². The van der Waals surface area contributed by atoms with Crippen LogP contribution in [0.25, 0.3) is 0 Å². The van der Waals surface area contributed by atoms with Crippen molar-refractivity contribution in [1.82, 2.24) is 10.3 Å². The topological polar surface area (TPSA) is 109 Å². The van der Waals surface area contributed by atoms with E-state index in [1.165, 1.54) is 18.5 Å². The lowest BCUT2D eigenvalue weighted by Gasteiger charge is -2.04. The van der Waals surface area contributed by atoms with Gasteiger partial charge in [0.25, 0.3) is 0 Å². The summed E-state index contributed by atoms with van der Waals surface area (Å²) in [6.07, 6.45) is 2.83. The van der Waals surface area contributed by atoms with Gasteiger partial charge in [0.2, 0.25) is 5.91 Å². The Balaban J connectivity index is 2.63. The molecule has 0 saturated heterocycles. The van der Waals surface area contributed by atoms with E-state index in [2.05, 4.69) is 10.3 Å². The molecule has 0 aliphatic heterocycles. The number of rotatable bonds is 4. The van der Waals surface area contributed by atoms with Crippen LogP contribution in [0.5, 0.6) is 0 Å². The number of amides is 1. The molecule has 1 rings (SSSR count). The Kier molecular flexibility index (Phi) is 4.42. The molecule has 0 saturated carbocycles. The maximum absolute atomic E-state index is 11.7. The number of nitrogen functional groups attached to an aromatic ring is 1. The molecule has 1 heterocycles. The Hall–Kier alpha value is -1.94. The SMILES string of the molecule is N#CCNC(=O)CS(=O)c1ccncc1N. The standard InChI is InChI=1S/C9H10N4O2S/c10-2-4-13-9(14)6-16(15)8-1-3-12-5-7(8)11/h1,3,5H,4,6,11H2,(H,13,14). The molecule has 0 aromatic carbocycles. The van der Waals surface area contributed by atoms with Crippen LogP contribution in [0, 0.1) is 11.3 Å². The maximum Gasteiger partial charge on any atom is 0.233 e. The Labute approximate surface area is 94.9 Å². The van der Waals surface area contributed by atoms with Crippen molar-refractivity contribution in [2.45, 2.75) is 4.90 Å². The molecule has 84 valence electrons. The minimum absolute atomic E-state index is 0.0954. The van der Waals surface area contributed by atoms with Gasteiger partial charge >= 0.3 is 0 Å². The Morgan fingerprint density at radius 1 is 1.69 bits per heavy atom. The second-order valence-corrected chi connectivity index (χ2v) is 4.26. The molecule has 1 aromatic heterocycles. The van der Waals surface area contributed by atoms with E-state index in [0.29, 0.717) is 4.90 Å². The predicted octanol–water partition coefficient (Wildman–Crippen LogP) is -0.589. The third-order valence-corrected chi connectivity index (χ3v) is 3.07. The van der Waals surface area contributed by atoms with Gasteiger partial charge < -0.3 is 11.1 Å². The molecule has 1 unspecified atom stereocenters. The fourth-order valence-electron chi connectivity index (χ4n) is 0.987. The quantitative estimate of drug-likeness (QED) is 0.681. The van der Waals surface area contributed by atoms with E-state index in [1.54, 1.807) is 6.07 Å². The van der Waals surface area contributed by atoms with E-state index in [0.717, 1.165) is 0 Å². The average Bonchev–Trinajstić information content (AvgIpc) is 2.26. The molecule has 0 spiro atoms. The van der Waals surface area contributed by atoms with Gasteiger partial charge in [-0.1, -0.05) is 0 Å². The molecular formula is C9H10N4O2S. The van der Waals surface area contributed by atoms with Crippen molar-refractivity contribution in [2.24, 2.45) is 0 Å². The third kappa shape index (κ3) is 3.33. The first kappa shape index (κ1) is 12.1. The molecule has 6 nitrogen and oxygen atoms in total. The van der Waals surface area contributed by atoms with Crippen molar-refractivity contribution in [2.75, 3.05) is 18.0 Å².